The number of carbonyl (C=O) groups is 1. The number of hydrogen-bond acceptors (Lipinski definition) is 3. The maximum Gasteiger partial charge on any atom is 0.140 e. The molecule has 56 valence electrons. The van der Waals surface area contributed by atoms with Gasteiger partial charge in [-0.25, -0.2) is 0 Å². The summed E-state index contributed by atoms with van der Waals surface area (Å²) in [6, 6.07) is 0. The summed E-state index contributed by atoms with van der Waals surface area (Å²) in [5.74, 6) is 0.103. The molecule has 0 rings (SSSR count). The van der Waals surface area contributed by atoms with Gasteiger partial charge in [0.25, 0.3) is 0 Å². The molecule has 0 radical (unpaired) electrons. The van der Waals surface area contributed by atoms with Gasteiger partial charge in [0.2, 0.25) is 0 Å². The molecule has 0 heterocycles. The molecular formula is C5H10N4O. The van der Waals surface area contributed by atoms with Crippen molar-refractivity contribution in [3.63, 3.8) is 0 Å². The van der Waals surface area contributed by atoms with Crippen LogP contribution in [0, 0.1) is 5.53 Å². The van der Waals surface area contributed by atoms with Gasteiger partial charge in [-0.3, -0.25) is 4.79 Å². The van der Waals surface area contributed by atoms with Crippen LogP contribution < -0.4 is 5.73 Å². The maximum atomic E-state index is 10.6. The minimum atomic E-state index is 0.00454. The molecule has 3 N–H and O–H groups in total. The van der Waals surface area contributed by atoms with Gasteiger partial charge in [-0.05, 0) is 0 Å². The standard InChI is InChI=1S/C5H10N4O/c1-2-4(10)3-5(6)8-9-7/h2-3H2,1H3,(H3,6,7,8). The number of nitrogens with two attached hydrogens (primary N) is 1. The molecule has 0 saturated heterocycles. The van der Waals surface area contributed by atoms with Gasteiger partial charge in [-0.1, -0.05) is 12.1 Å². The number of amidine groups is 1. The first kappa shape index (κ1) is 8.74. The van der Waals surface area contributed by atoms with E-state index in [4.69, 9.17) is 11.3 Å². The molecule has 0 aromatic carbocycles. The van der Waals surface area contributed by atoms with Crippen LogP contribution in [-0.4, -0.2) is 11.6 Å². The lowest BCUT2D eigenvalue weighted by Crippen LogP contribution is -2.15. The quantitative estimate of drug-likeness (QED) is 0.261. The summed E-state index contributed by atoms with van der Waals surface area (Å²) >= 11 is 0. The molecule has 10 heavy (non-hydrogen) atoms. The van der Waals surface area contributed by atoms with Gasteiger partial charge in [0.15, 0.2) is 0 Å². The van der Waals surface area contributed by atoms with Crippen LogP contribution in [0.25, 0.3) is 0 Å². The fraction of sp³-hybridized carbons (Fsp3) is 0.600. The van der Waals surface area contributed by atoms with Crippen LogP contribution in [0.3, 0.4) is 0 Å². The van der Waals surface area contributed by atoms with Gasteiger partial charge in [0.05, 0.1) is 6.42 Å². The third-order valence-electron chi connectivity index (χ3n) is 0.951. The van der Waals surface area contributed by atoms with E-state index in [0.717, 1.165) is 0 Å². The van der Waals surface area contributed by atoms with Crippen molar-refractivity contribution in [1.82, 2.24) is 0 Å². The molecule has 5 heteroatoms. The molecule has 0 aliphatic rings. The zero-order chi connectivity index (χ0) is 7.98. The van der Waals surface area contributed by atoms with Crippen LogP contribution >= 0.6 is 0 Å². The number of carbonyl (C=O) groups excluding carboxylic acids is 1. The molecule has 0 aromatic heterocycles. The second-order valence-electron chi connectivity index (χ2n) is 1.76. The molecule has 0 aromatic rings. The van der Waals surface area contributed by atoms with Crippen LogP contribution in [0.1, 0.15) is 19.8 Å². The highest BCUT2D eigenvalue weighted by molar-refractivity contribution is 5.99. The fourth-order valence-electron chi connectivity index (χ4n) is 0.427. The van der Waals surface area contributed by atoms with E-state index in [9.17, 15) is 4.79 Å². The number of rotatable bonds is 4. The van der Waals surface area contributed by atoms with Crippen molar-refractivity contribution in [1.29, 1.82) is 5.53 Å². The fourth-order valence-corrected chi connectivity index (χ4v) is 0.427. The number of nitrogens with zero attached hydrogens (tertiary/aromatic N) is 2. The molecule has 0 unspecified atom stereocenters. The summed E-state index contributed by atoms with van der Waals surface area (Å²) in [4.78, 5) is 10.6. The Morgan fingerprint density at radius 1 is 1.70 bits per heavy atom. The van der Waals surface area contributed by atoms with Gasteiger partial charge < -0.3 is 5.73 Å². The predicted octanol–water partition coefficient (Wildman–Crippen LogP) is 0.659. The van der Waals surface area contributed by atoms with Crippen molar-refractivity contribution in [2.75, 3.05) is 0 Å². The number of Topliss-reactive ketones (excluding diaryl/α,β-unsaturated/α-hetero) is 1. The lowest BCUT2D eigenvalue weighted by atomic mass is 10.2. The minimum Gasteiger partial charge on any atom is -0.385 e. The SMILES string of the molecule is CCC(=O)CC(N)=NN=N. The summed E-state index contributed by atoms with van der Waals surface area (Å²) in [6.07, 6.45) is 0.535. The zero-order valence-electron chi connectivity index (χ0n) is 5.79. The molecular weight excluding hydrogens is 132 g/mol. The summed E-state index contributed by atoms with van der Waals surface area (Å²) < 4.78 is 0. The normalized spacial score (nSPS) is 11.1. The largest absolute Gasteiger partial charge is 0.385 e. The lowest BCUT2D eigenvalue weighted by molar-refractivity contribution is -0.117. The smallest absolute Gasteiger partial charge is 0.140 e. The van der Waals surface area contributed by atoms with Crippen molar-refractivity contribution < 1.29 is 4.79 Å². The van der Waals surface area contributed by atoms with Crippen LogP contribution in [0.2, 0.25) is 0 Å². The van der Waals surface area contributed by atoms with E-state index in [1.54, 1.807) is 6.92 Å². The van der Waals surface area contributed by atoms with Crippen LogP contribution in [-0.2, 0) is 4.79 Å². The number of ketones is 1. The van der Waals surface area contributed by atoms with E-state index in [1.165, 1.54) is 0 Å². The lowest BCUT2D eigenvalue weighted by Gasteiger charge is -1.92. The van der Waals surface area contributed by atoms with Gasteiger partial charge in [-0.2, -0.15) is 5.53 Å². The summed E-state index contributed by atoms with van der Waals surface area (Å²) in [5.41, 5.74) is 11.5. The van der Waals surface area contributed by atoms with Crippen LogP contribution in [0.5, 0.6) is 0 Å². The van der Waals surface area contributed by atoms with E-state index in [1.807, 2.05) is 0 Å². The molecule has 0 aliphatic carbocycles. The molecule has 0 atom stereocenters. The average Bonchev–Trinajstić information content (AvgIpc) is 1.88. The van der Waals surface area contributed by atoms with Crippen molar-refractivity contribution in [3.05, 3.63) is 0 Å². The summed E-state index contributed by atoms with van der Waals surface area (Å²) in [7, 11) is 0. The number of nitrogens with one attached hydrogen (secondary N) is 1. The van der Waals surface area contributed by atoms with E-state index >= 15 is 0 Å². The van der Waals surface area contributed by atoms with E-state index < -0.39 is 0 Å². The predicted molar refractivity (Wildman–Crippen MR) is 36.7 cm³/mol. The second kappa shape index (κ2) is 4.60. The Morgan fingerprint density at radius 2 is 2.30 bits per heavy atom. The number of hydrogen-bond donors (Lipinski definition) is 2. The van der Waals surface area contributed by atoms with E-state index in [0.29, 0.717) is 6.42 Å². The molecule has 0 amide bonds. The van der Waals surface area contributed by atoms with Crippen LogP contribution in [0.15, 0.2) is 10.3 Å². The second-order valence-corrected chi connectivity index (χ2v) is 1.76. The van der Waals surface area contributed by atoms with Crippen LogP contribution in [0.4, 0.5) is 0 Å². The van der Waals surface area contributed by atoms with Crippen molar-refractivity contribution >= 4 is 11.6 Å². The highest BCUT2D eigenvalue weighted by Gasteiger charge is 2.00. The first-order chi connectivity index (χ1) is 4.70. The molecule has 5 nitrogen and oxygen atoms in total. The Hall–Kier alpha value is -1.26. The van der Waals surface area contributed by atoms with Gasteiger partial charge in [0, 0.05) is 6.42 Å². The Morgan fingerprint density at radius 3 is 2.70 bits per heavy atom. The summed E-state index contributed by atoms with van der Waals surface area (Å²) in [5, 5.41) is 5.86. The van der Waals surface area contributed by atoms with Crippen molar-refractivity contribution in [3.8, 4) is 0 Å². The highest BCUT2D eigenvalue weighted by Crippen LogP contribution is 1.88. The van der Waals surface area contributed by atoms with E-state index in [-0.39, 0.29) is 18.0 Å². The van der Waals surface area contributed by atoms with Gasteiger partial charge >= 0.3 is 0 Å². The molecule has 0 bridgehead atoms. The third kappa shape index (κ3) is 3.71. The Labute approximate surface area is 58.8 Å². The average molecular weight is 142 g/mol. The minimum absolute atomic E-state index is 0.00454. The third-order valence-corrected chi connectivity index (χ3v) is 0.951. The van der Waals surface area contributed by atoms with Gasteiger partial charge in [0.1, 0.15) is 11.6 Å². The Bertz CT molecular complexity index is 163. The molecule has 0 saturated carbocycles. The topological polar surface area (TPSA) is 91.7 Å². The molecule has 0 aliphatic heterocycles. The first-order valence-electron chi connectivity index (χ1n) is 2.91. The summed E-state index contributed by atoms with van der Waals surface area (Å²) in [6.45, 7) is 1.74. The molecule has 0 spiro atoms. The zero-order valence-corrected chi connectivity index (χ0v) is 5.79. The maximum absolute atomic E-state index is 10.6. The van der Waals surface area contributed by atoms with Crippen molar-refractivity contribution in [2.45, 2.75) is 19.8 Å². The molecule has 0 fully saturated rings. The Balaban J connectivity index is 3.78. The van der Waals surface area contributed by atoms with Gasteiger partial charge in [-0.15, -0.1) is 5.10 Å². The Kier molecular flexibility index (Phi) is 4.02. The van der Waals surface area contributed by atoms with E-state index in [2.05, 4.69) is 10.3 Å². The highest BCUT2D eigenvalue weighted by atomic mass is 16.1. The van der Waals surface area contributed by atoms with Crippen molar-refractivity contribution in [2.24, 2.45) is 16.1 Å². The monoisotopic (exact) mass is 142 g/mol. The first-order valence-corrected chi connectivity index (χ1v) is 2.91.